The molecule has 0 aliphatic carbocycles. The summed E-state index contributed by atoms with van der Waals surface area (Å²) in [5.74, 6) is 1.38. The molecule has 0 saturated carbocycles. The van der Waals surface area contributed by atoms with E-state index in [1.807, 2.05) is 18.2 Å². The van der Waals surface area contributed by atoms with Gasteiger partial charge in [-0.25, -0.2) is 0 Å². The normalized spacial score (nSPS) is 20.9. The Kier molecular flexibility index (Phi) is 2.32. The summed E-state index contributed by atoms with van der Waals surface area (Å²) < 4.78 is 5.59. The summed E-state index contributed by atoms with van der Waals surface area (Å²) >= 11 is 6.02. The van der Waals surface area contributed by atoms with E-state index < -0.39 is 0 Å². The highest BCUT2D eigenvalue weighted by Gasteiger charge is 2.14. The second kappa shape index (κ2) is 3.46. The molecule has 0 amide bonds. The van der Waals surface area contributed by atoms with Crippen LogP contribution in [0.2, 0.25) is 5.02 Å². The smallest absolute Gasteiger partial charge is 0.143 e. The third kappa shape index (κ3) is 1.73. The van der Waals surface area contributed by atoms with Gasteiger partial charge in [0.2, 0.25) is 0 Å². The predicted octanol–water partition coefficient (Wildman–Crippen LogP) is 2.78. The lowest BCUT2D eigenvalue weighted by Crippen LogP contribution is -2.13. The largest absolute Gasteiger partial charge is 0.491 e. The van der Waals surface area contributed by atoms with Crippen molar-refractivity contribution in [1.29, 1.82) is 0 Å². The molecule has 1 unspecified atom stereocenters. The molecular formula is C10H12ClNO. The van der Waals surface area contributed by atoms with E-state index in [1.165, 1.54) is 0 Å². The fourth-order valence-corrected chi connectivity index (χ4v) is 1.60. The molecule has 0 saturated heterocycles. The first-order valence-electron chi connectivity index (χ1n) is 4.42. The molecule has 13 heavy (non-hydrogen) atoms. The molecule has 0 spiro atoms. The zero-order chi connectivity index (χ0) is 9.26. The number of para-hydroxylation sites is 1. The lowest BCUT2D eigenvalue weighted by molar-refractivity contribution is 0.275. The van der Waals surface area contributed by atoms with E-state index in [4.69, 9.17) is 16.3 Å². The van der Waals surface area contributed by atoms with Gasteiger partial charge in [0.05, 0.1) is 17.3 Å². The van der Waals surface area contributed by atoms with Crippen LogP contribution in [0.3, 0.4) is 0 Å². The zero-order valence-corrected chi connectivity index (χ0v) is 8.27. The van der Waals surface area contributed by atoms with Gasteiger partial charge in [0.25, 0.3) is 0 Å². The minimum Gasteiger partial charge on any atom is -0.491 e. The molecule has 1 aromatic carbocycles. The molecule has 2 rings (SSSR count). The molecule has 1 atom stereocenters. The molecule has 0 aromatic heterocycles. The van der Waals surface area contributed by atoms with E-state index in [2.05, 4.69) is 12.2 Å². The van der Waals surface area contributed by atoms with Gasteiger partial charge in [-0.2, -0.15) is 0 Å². The van der Waals surface area contributed by atoms with E-state index in [0.717, 1.165) is 29.6 Å². The van der Waals surface area contributed by atoms with Gasteiger partial charge < -0.3 is 10.1 Å². The van der Waals surface area contributed by atoms with E-state index in [-0.39, 0.29) is 0 Å². The van der Waals surface area contributed by atoms with Crippen LogP contribution in [0.1, 0.15) is 6.92 Å². The molecule has 1 N–H and O–H groups in total. The molecule has 1 aliphatic rings. The van der Waals surface area contributed by atoms with E-state index in [1.54, 1.807) is 0 Å². The topological polar surface area (TPSA) is 21.3 Å². The second-order valence-corrected chi connectivity index (χ2v) is 3.82. The predicted molar refractivity (Wildman–Crippen MR) is 54.6 cm³/mol. The lowest BCUT2D eigenvalue weighted by Gasteiger charge is -2.08. The van der Waals surface area contributed by atoms with Crippen molar-refractivity contribution in [2.45, 2.75) is 6.92 Å². The van der Waals surface area contributed by atoms with Gasteiger partial charge in [0, 0.05) is 12.5 Å². The van der Waals surface area contributed by atoms with E-state index in [9.17, 15) is 0 Å². The highest BCUT2D eigenvalue weighted by Crippen LogP contribution is 2.33. The van der Waals surface area contributed by atoms with Gasteiger partial charge in [-0.1, -0.05) is 24.6 Å². The minimum atomic E-state index is 0.517. The van der Waals surface area contributed by atoms with Crippen molar-refractivity contribution in [2.75, 3.05) is 18.5 Å². The van der Waals surface area contributed by atoms with Crippen LogP contribution in [-0.2, 0) is 0 Å². The van der Waals surface area contributed by atoms with Crippen molar-refractivity contribution in [3.8, 4) is 5.75 Å². The third-order valence-corrected chi connectivity index (χ3v) is 2.44. The summed E-state index contributed by atoms with van der Waals surface area (Å²) in [6.45, 7) is 3.81. The van der Waals surface area contributed by atoms with Crippen molar-refractivity contribution in [1.82, 2.24) is 0 Å². The Morgan fingerprint density at radius 1 is 1.54 bits per heavy atom. The number of hydrogen-bond acceptors (Lipinski definition) is 2. The Labute approximate surface area is 82.9 Å². The summed E-state index contributed by atoms with van der Waals surface area (Å²) in [6.07, 6.45) is 0. The molecular weight excluding hydrogens is 186 g/mol. The van der Waals surface area contributed by atoms with Gasteiger partial charge in [0.1, 0.15) is 5.75 Å². The fourth-order valence-electron chi connectivity index (χ4n) is 1.36. The molecule has 2 nitrogen and oxygen atoms in total. The summed E-state index contributed by atoms with van der Waals surface area (Å²) in [6, 6.07) is 5.71. The van der Waals surface area contributed by atoms with Gasteiger partial charge in [0.15, 0.2) is 0 Å². The van der Waals surface area contributed by atoms with Gasteiger partial charge >= 0.3 is 0 Å². The standard InChI is InChI=1S/C10H12ClNO/c1-7-5-12-10-8(11)3-2-4-9(10)13-6-7/h2-4,7,12H,5-6H2,1H3. The molecule has 0 fully saturated rings. The van der Waals surface area contributed by atoms with Crippen molar-refractivity contribution in [3.05, 3.63) is 23.2 Å². The SMILES string of the molecule is CC1CNc2c(Cl)cccc2OC1. The molecule has 70 valence electrons. The monoisotopic (exact) mass is 197 g/mol. The van der Waals surface area contributed by atoms with Crippen LogP contribution in [-0.4, -0.2) is 13.2 Å². The molecule has 1 aliphatic heterocycles. The average Bonchev–Trinajstić information content (AvgIpc) is 2.30. The highest BCUT2D eigenvalue weighted by atomic mass is 35.5. The summed E-state index contributed by atoms with van der Waals surface area (Å²) in [4.78, 5) is 0. The Bertz CT molecular complexity index is 314. The van der Waals surface area contributed by atoms with Crippen LogP contribution in [0.4, 0.5) is 5.69 Å². The third-order valence-electron chi connectivity index (χ3n) is 2.13. The van der Waals surface area contributed by atoms with Crippen LogP contribution < -0.4 is 10.1 Å². The number of fused-ring (bicyclic) bond motifs is 1. The number of halogens is 1. The van der Waals surface area contributed by atoms with Gasteiger partial charge in [-0.3, -0.25) is 0 Å². The van der Waals surface area contributed by atoms with Crippen LogP contribution >= 0.6 is 11.6 Å². The first-order chi connectivity index (χ1) is 6.27. The van der Waals surface area contributed by atoms with E-state index in [0.29, 0.717) is 5.92 Å². The number of nitrogens with one attached hydrogen (secondary N) is 1. The first kappa shape index (κ1) is 8.70. The maximum absolute atomic E-state index is 6.02. The number of ether oxygens (including phenoxy) is 1. The summed E-state index contributed by atoms with van der Waals surface area (Å²) in [7, 11) is 0. The number of rotatable bonds is 0. The second-order valence-electron chi connectivity index (χ2n) is 3.41. The molecule has 0 bridgehead atoms. The van der Waals surface area contributed by atoms with Crippen LogP contribution in [0.5, 0.6) is 5.75 Å². The van der Waals surface area contributed by atoms with Crippen LogP contribution in [0.15, 0.2) is 18.2 Å². The molecule has 1 heterocycles. The Balaban J connectivity index is 2.35. The van der Waals surface area contributed by atoms with Crippen LogP contribution in [0, 0.1) is 5.92 Å². The summed E-state index contributed by atoms with van der Waals surface area (Å²) in [5, 5.41) is 4.01. The Morgan fingerprint density at radius 3 is 3.23 bits per heavy atom. The molecule has 0 radical (unpaired) electrons. The maximum atomic E-state index is 6.02. The average molecular weight is 198 g/mol. The number of hydrogen-bond donors (Lipinski definition) is 1. The number of anilines is 1. The first-order valence-corrected chi connectivity index (χ1v) is 4.80. The highest BCUT2D eigenvalue weighted by molar-refractivity contribution is 6.33. The number of benzene rings is 1. The molecule has 1 aromatic rings. The van der Waals surface area contributed by atoms with E-state index >= 15 is 0 Å². The maximum Gasteiger partial charge on any atom is 0.143 e. The van der Waals surface area contributed by atoms with Crippen molar-refractivity contribution < 1.29 is 4.74 Å². The Morgan fingerprint density at radius 2 is 2.38 bits per heavy atom. The van der Waals surface area contributed by atoms with Gasteiger partial charge in [-0.15, -0.1) is 0 Å². The zero-order valence-electron chi connectivity index (χ0n) is 7.51. The van der Waals surface area contributed by atoms with Gasteiger partial charge in [-0.05, 0) is 12.1 Å². The van der Waals surface area contributed by atoms with Crippen molar-refractivity contribution in [2.24, 2.45) is 5.92 Å². The minimum absolute atomic E-state index is 0.517. The Hall–Kier alpha value is -0.890. The summed E-state index contributed by atoms with van der Waals surface area (Å²) in [5.41, 5.74) is 0.925. The van der Waals surface area contributed by atoms with Crippen molar-refractivity contribution >= 4 is 17.3 Å². The fraction of sp³-hybridized carbons (Fsp3) is 0.400. The van der Waals surface area contributed by atoms with Crippen molar-refractivity contribution in [3.63, 3.8) is 0 Å². The van der Waals surface area contributed by atoms with Crippen LogP contribution in [0.25, 0.3) is 0 Å². The molecule has 3 heteroatoms. The quantitative estimate of drug-likeness (QED) is 0.691. The lowest BCUT2D eigenvalue weighted by atomic mass is 10.2.